The summed E-state index contributed by atoms with van der Waals surface area (Å²) in [5.41, 5.74) is 5.81. The molecule has 1 aliphatic rings. The number of halogens is 1. The molecule has 0 spiro atoms. The maximum atomic E-state index is 12.1. The molecule has 0 bridgehead atoms. The Hall–Kier alpha value is -3.59. The molecule has 1 aromatic carbocycles. The van der Waals surface area contributed by atoms with Gasteiger partial charge in [0.15, 0.2) is 0 Å². The number of aromatic nitrogens is 4. The van der Waals surface area contributed by atoms with Crippen molar-refractivity contribution in [1.29, 1.82) is 0 Å². The zero-order chi connectivity index (χ0) is 22.2. The Morgan fingerprint density at radius 1 is 1.31 bits per heavy atom. The summed E-state index contributed by atoms with van der Waals surface area (Å²) in [6.45, 7) is 6.36. The highest BCUT2D eigenvalue weighted by Crippen LogP contribution is 2.35. The lowest BCUT2D eigenvalue weighted by Gasteiger charge is -2.25. The fourth-order valence-electron chi connectivity index (χ4n) is 3.81. The molecule has 0 saturated carbocycles. The molecule has 0 radical (unpaired) electrons. The molecule has 3 aromatic heterocycles. The van der Waals surface area contributed by atoms with Crippen LogP contribution in [0.5, 0.6) is 0 Å². The largest absolute Gasteiger partial charge is 0.416 e. The number of nitrogens with zero attached hydrogens (tertiary/aromatic N) is 3. The lowest BCUT2D eigenvalue weighted by Crippen LogP contribution is -2.34. The first-order valence-electron chi connectivity index (χ1n) is 10.2. The molecule has 1 aliphatic heterocycles. The Balaban J connectivity index is 1.42. The van der Waals surface area contributed by atoms with Gasteiger partial charge in [-0.25, -0.2) is 9.78 Å². The Kier molecular flexibility index (Phi) is 5.18. The van der Waals surface area contributed by atoms with Gasteiger partial charge in [-0.15, -0.1) is 0 Å². The molecule has 0 saturated heterocycles. The van der Waals surface area contributed by atoms with E-state index in [0.717, 1.165) is 55.5 Å². The number of pyridine rings is 1. The topological polar surface area (TPSA) is 98.9 Å². The molecule has 5 rings (SSSR count). The average molecular weight is 493 g/mol. The molecule has 162 valence electrons. The smallest absolute Gasteiger partial charge is 0.415 e. The van der Waals surface area contributed by atoms with Crippen molar-refractivity contribution in [2.75, 3.05) is 18.4 Å². The van der Waals surface area contributed by atoms with E-state index in [0.29, 0.717) is 18.8 Å². The van der Waals surface area contributed by atoms with Crippen LogP contribution in [0.25, 0.3) is 27.5 Å². The van der Waals surface area contributed by atoms with Gasteiger partial charge in [0.2, 0.25) is 0 Å². The van der Waals surface area contributed by atoms with Crippen molar-refractivity contribution in [3.8, 4) is 0 Å². The number of hydrogen-bond donors (Lipinski definition) is 3. The number of rotatable bonds is 4. The molecular formula is C23H21BrN6O2. The summed E-state index contributed by atoms with van der Waals surface area (Å²) in [4.78, 5) is 21.7. The summed E-state index contributed by atoms with van der Waals surface area (Å²) in [7, 11) is 0. The first kappa shape index (κ1) is 20.3. The number of anilines is 2. The molecule has 32 heavy (non-hydrogen) atoms. The fraction of sp³-hybridized carbons (Fsp3) is 0.174. The van der Waals surface area contributed by atoms with Crippen LogP contribution in [0.1, 0.15) is 19.0 Å². The van der Waals surface area contributed by atoms with Crippen molar-refractivity contribution in [3.05, 3.63) is 65.2 Å². The van der Waals surface area contributed by atoms with Gasteiger partial charge in [0, 0.05) is 41.4 Å². The standard InChI is InChI=1S/C23H21BrN6O2/c1-13(2)32-23(31)30-7-5-14(6-8-30)20-10-17-21(18(24)12-25-22(17)28-20)27-16-3-4-19-15(9-16)11-26-29-19/h3-5,9-12H,1,6-8H2,2H3,(H,26,29)(H2,25,27,28). The van der Waals surface area contributed by atoms with Gasteiger partial charge in [-0.05, 0) is 59.1 Å². The van der Waals surface area contributed by atoms with Crippen molar-refractivity contribution >= 4 is 60.9 Å². The van der Waals surface area contributed by atoms with E-state index >= 15 is 0 Å². The molecule has 0 unspecified atom stereocenters. The van der Waals surface area contributed by atoms with Crippen molar-refractivity contribution < 1.29 is 9.53 Å². The monoisotopic (exact) mass is 492 g/mol. The van der Waals surface area contributed by atoms with Gasteiger partial charge in [-0.3, -0.25) is 5.10 Å². The van der Waals surface area contributed by atoms with Gasteiger partial charge in [0.25, 0.3) is 0 Å². The van der Waals surface area contributed by atoms with Gasteiger partial charge in [-0.1, -0.05) is 12.7 Å². The molecular weight excluding hydrogens is 472 g/mol. The van der Waals surface area contributed by atoms with Crippen molar-refractivity contribution in [3.63, 3.8) is 0 Å². The minimum absolute atomic E-state index is 0.365. The van der Waals surface area contributed by atoms with Gasteiger partial charge in [0.1, 0.15) is 5.65 Å². The third kappa shape index (κ3) is 3.87. The minimum atomic E-state index is -0.365. The van der Waals surface area contributed by atoms with Crippen molar-refractivity contribution in [1.82, 2.24) is 25.1 Å². The summed E-state index contributed by atoms with van der Waals surface area (Å²) < 4.78 is 5.98. The summed E-state index contributed by atoms with van der Waals surface area (Å²) >= 11 is 3.63. The normalized spacial score (nSPS) is 13.9. The van der Waals surface area contributed by atoms with Gasteiger partial charge in [0.05, 0.1) is 27.6 Å². The van der Waals surface area contributed by atoms with E-state index in [1.165, 1.54) is 0 Å². The quantitative estimate of drug-likeness (QED) is 0.317. The highest BCUT2D eigenvalue weighted by atomic mass is 79.9. The Morgan fingerprint density at radius 3 is 2.97 bits per heavy atom. The van der Waals surface area contributed by atoms with E-state index in [9.17, 15) is 4.79 Å². The second kappa shape index (κ2) is 8.16. The van der Waals surface area contributed by atoms with Crippen LogP contribution < -0.4 is 5.32 Å². The molecule has 4 heterocycles. The number of aromatic amines is 2. The van der Waals surface area contributed by atoms with Crippen molar-refractivity contribution in [2.45, 2.75) is 13.3 Å². The van der Waals surface area contributed by atoms with Crippen LogP contribution in [0.3, 0.4) is 0 Å². The average Bonchev–Trinajstić information content (AvgIpc) is 3.42. The number of allylic oxidation sites excluding steroid dienone is 1. The van der Waals surface area contributed by atoms with Crippen LogP contribution >= 0.6 is 15.9 Å². The van der Waals surface area contributed by atoms with Crippen LogP contribution in [-0.2, 0) is 4.74 Å². The first-order chi connectivity index (χ1) is 15.5. The van der Waals surface area contributed by atoms with Crippen LogP contribution in [-0.4, -0.2) is 44.2 Å². The maximum absolute atomic E-state index is 12.1. The third-order valence-corrected chi connectivity index (χ3v) is 6.00. The molecule has 0 atom stereocenters. The number of carbonyl (C=O) groups excluding carboxylic acids is 1. The lowest BCUT2D eigenvalue weighted by molar-refractivity contribution is 0.133. The molecule has 0 aliphatic carbocycles. The minimum Gasteiger partial charge on any atom is -0.416 e. The van der Waals surface area contributed by atoms with Crippen LogP contribution in [0.2, 0.25) is 0 Å². The molecule has 9 heteroatoms. The van der Waals surface area contributed by atoms with Gasteiger partial charge >= 0.3 is 6.09 Å². The number of carbonyl (C=O) groups is 1. The van der Waals surface area contributed by atoms with E-state index in [-0.39, 0.29) is 6.09 Å². The molecule has 3 N–H and O–H groups in total. The number of nitrogens with one attached hydrogen (secondary N) is 3. The van der Waals surface area contributed by atoms with E-state index in [1.54, 1.807) is 24.2 Å². The first-order valence-corrected chi connectivity index (χ1v) is 11.0. The van der Waals surface area contributed by atoms with E-state index in [2.05, 4.69) is 54.1 Å². The highest BCUT2D eigenvalue weighted by molar-refractivity contribution is 9.10. The summed E-state index contributed by atoms with van der Waals surface area (Å²) in [6.07, 6.45) is 5.99. The predicted octanol–water partition coefficient (Wildman–Crippen LogP) is 5.70. The maximum Gasteiger partial charge on any atom is 0.415 e. The predicted molar refractivity (Wildman–Crippen MR) is 129 cm³/mol. The number of hydrogen-bond acceptors (Lipinski definition) is 5. The summed E-state index contributed by atoms with van der Waals surface area (Å²) in [6, 6.07) is 8.15. The van der Waals surface area contributed by atoms with E-state index in [1.807, 2.05) is 24.3 Å². The fourth-order valence-corrected chi connectivity index (χ4v) is 4.22. The lowest BCUT2D eigenvalue weighted by atomic mass is 10.0. The number of amides is 1. The number of benzene rings is 1. The second-order valence-corrected chi connectivity index (χ2v) is 8.57. The Bertz CT molecular complexity index is 1390. The third-order valence-electron chi connectivity index (χ3n) is 5.40. The molecule has 0 fully saturated rings. The van der Waals surface area contributed by atoms with Gasteiger partial charge < -0.3 is 19.9 Å². The Labute approximate surface area is 192 Å². The van der Waals surface area contributed by atoms with Crippen LogP contribution in [0.15, 0.2) is 59.5 Å². The number of ether oxygens (including phenoxy) is 1. The van der Waals surface area contributed by atoms with Crippen LogP contribution in [0, 0.1) is 0 Å². The highest BCUT2D eigenvalue weighted by Gasteiger charge is 2.21. The number of fused-ring (bicyclic) bond motifs is 2. The number of H-pyrrole nitrogens is 2. The van der Waals surface area contributed by atoms with Crippen molar-refractivity contribution in [2.24, 2.45) is 0 Å². The molecule has 1 amide bonds. The Morgan fingerprint density at radius 2 is 2.19 bits per heavy atom. The van der Waals surface area contributed by atoms with E-state index < -0.39 is 0 Å². The molecule has 4 aromatic rings. The summed E-state index contributed by atoms with van der Waals surface area (Å²) in [5.74, 6) is 0.393. The summed E-state index contributed by atoms with van der Waals surface area (Å²) in [5, 5.41) is 12.6. The SMILES string of the molecule is C=C(C)OC(=O)N1CC=C(c2cc3c(Nc4ccc5[nH]ncc5c4)c(Br)cnc3[nH]2)CC1. The molecule has 8 nitrogen and oxygen atoms in total. The van der Waals surface area contributed by atoms with E-state index in [4.69, 9.17) is 4.74 Å². The second-order valence-electron chi connectivity index (χ2n) is 7.72. The van der Waals surface area contributed by atoms with Gasteiger partial charge in [-0.2, -0.15) is 5.10 Å². The zero-order valence-corrected chi connectivity index (χ0v) is 19.0. The zero-order valence-electron chi connectivity index (χ0n) is 17.4. The van der Waals surface area contributed by atoms with Crippen LogP contribution in [0.4, 0.5) is 16.2 Å².